The first kappa shape index (κ1) is 25.9. The maximum absolute atomic E-state index is 6.38. The Balaban J connectivity index is 1.20. The van der Waals surface area contributed by atoms with E-state index in [4.69, 9.17) is 4.42 Å². The lowest BCUT2D eigenvalue weighted by Gasteiger charge is -2.27. The average Bonchev–Trinajstić information content (AvgIpc) is 3.71. The average molecular weight is 608 g/mol. The molecule has 2 aromatic heterocycles. The maximum atomic E-state index is 6.38. The van der Waals surface area contributed by atoms with E-state index in [0.717, 1.165) is 39.0 Å². The molecule has 0 fully saturated rings. The number of anilines is 3. The van der Waals surface area contributed by atoms with Gasteiger partial charge in [-0.25, -0.2) is 0 Å². The first-order valence-electron chi connectivity index (χ1n) is 15.8. The van der Waals surface area contributed by atoms with Crippen LogP contribution in [0.5, 0.6) is 0 Å². The summed E-state index contributed by atoms with van der Waals surface area (Å²) in [5.41, 5.74) is 10.5. The Morgan fingerprint density at radius 2 is 1.17 bits per heavy atom. The van der Waals surface area contributed by atoms with Gasteiger partial charge in [0.2, 0.25) is 0 Å². The van der Waals surface area contributed by atoms with Gasteiger partial charge in [-0.15, -0.1) is 11.3 Å². The summed E-state index contributed by atoms with van der Waals surface area (Å²) in [4.78, 5) is 2.38. The fourth-order valence-corrected chi connectivity index (χ4v) is 8.88. The molecule has 0 saturated heterocycles. The molecule has 2 heterocycles. The first-order valence-corrected chi connectivity index (χ1v) is 16.7. The molecule has 0 unspecified atom stereocenters. The van der Waals surface area contributed by atoms with Crippen LogP contribution < -0.4 is 4.90 Å². The molecule has 10 rings (SSSR count). The summed E-state index contributed by atoms with van der Waals surface area (Å²) >= 11 is 1.87. The second kappa shape index (κ2) is 9.32. The zero-order chi connectivity index (χ0) is 30.6. The third-order valence-electron chi connectivity index (χ3n) is 10.0. The molecule has 218 valence electrons. The highest BCUT2D eigenvalue weighted by molar-refractivity contribution is 7.25. The molecule has 0 radical (unpaired) electrons. The largest absolute Gasteiger partial charge is 0.456 e. The molecule has 1 aliphatic rings. The highest BCUT2D eigenvalue weighted by atomic mass is 32.1. The summed E-state index contributed by atoms with van der Waals surface area (Å²) in [6, 6.07) is 51.1. The fraction of sp³-hybridized carbons (Fsp3) is 0.0698. The van der Waals surface area contributed by atoms with E-state index in [1.807, 2.05) is 23.5 Å². The quantitative estimate of drug-likeness (QED) is 0.199. The standard InChI is InChI=1S/C43H29NOS/c1-43(2)37-12-6-3-9-31(37)35-24-29(18-20-38(35)43)44(30-17-19-33-32-10-4-7-13-39(32)45-40(33)25-30)28-16-15-26-22-36-34-11-5-8-14-41(34)46-42(36)23-27(26)21-28/h3-25H,1-2H3. The third-order valence-corrected chi connectivity index (χ3v) is 11.2. The maximum Gasteiger partial charge on any atom is 0.137 e. The van der Waals surface area contributed by atoms with Gasteiger partial charge in [0.05, 0.1) is 0 Å². The molecule has 0 saturated carbocycles. The van der Waals surface area contributed by atoms with E-state index in [1.165, 1.54) is 53.2 Å². The molecule has 7 aromatic carbocycles. The van der Waals surface area contributed by atoms with E-state index in [-0.39, 0.29) is 5.41 Å². The van der Waals surface area contributed by atoms with Crippen molar-refractivity contribution < 1.29 is 4.42 Å². The van der Waals surface area contributed by atoms with Gasteiger partial charge < -0.3 is 9.32 Å². The highest BCUT2D eigenvalue weighted by Crippen LogP contribution is 2.51. The van der Waals surface area contributed by atoms with E-state index >= 15 is 0 Å². The monoisotopic (exact) mass is 607 g/mol. The van der Waals surface area contributed by atoms with Crippen molar-refractivity contribution in [3.63, 3.8) is 0 Å². The first-order chi connectivity index (χ1) is 22.5. The SMILES string of the molecule is CC1(C)c2ccccc2-c2cc(N(c3ccc4cc5c(cc4c3)sc3ccccc35)c3ccc4c(c3)oc3ccccc34)ccc21. The normalized spacial score (nSPS) is 13.6. The Hall–Kier alpha value is -5.38. The minimum Gasteiger partial charge on any atom is -0.456 e. The lowest BCUT2D eigenvalue weighted by atomic mass is 9.82. The minimum atomic E-state index is -0.0406. The van der Waals surface area contributed by atoms with Crippen molar-refractivity contribution in [1.82, 2.24) is 0 Å². The van der Waals surface area contributed by atoms with Crippen molar-refractivity contribution in [2.24, 2.45) is 0 Å². The Labute approximate surface area is 270 Å². The highest BCUT2D eigenvalue weighted by Gasteiger charge is 2.35. The molecule has 3 heteroatoms. The second-order valence-electron chi connectivity index (χ2n) is 13.0. The number of fused-ring (bicyclic) bond motifs is 10. The van der Waals surface area contributed by atoms with Crippen LogP contribution in [-0.4, -0.2) is 0 Å². The predicted octanol–water partition coefficient (Wildman–Crippen LogP) is 12.9. The number of thiophene rings is 1. The molecule has 0 spiro atoms. The molecular formula is C43H29NOS. The fourth-order valence-electron chi connectivity index (χ4n) is 7.74. The second-order valence-corrected chi connectivity index (χ2v) is 14.1. The molecule has 0 N–H and O–H groups in total. The number of furan rings is 1. The van der Waals surface area contributed by atoms with Crippen molar-refractivity contribution in [3.8, 4) is 11.1 Å². The Kier molecular flexibility index (Phi) is 5.25. The number of nitrogens with zero attached hydrogens (tertiary/aromatic N) is 1. The molecule has 1 aliphatic carbocycles. The number of para-hydroxylation sites is 1. The molecular weight excluding hydrogens is 579 g/mol. The van der Waals surface area contributed by atoms with Gasteiger partial charge in [0.25, 0.3) is 0 Å². The summed E-state index contributed by atoms with van der Waals surface area (Å²) in [6.07, 6.45) is 0. The van der Waals surface area contributed by atoms with Crippen molar-refractivity contribution in [2.75, 3.05) is 4.90 Å². The van der Waals surface area contributed by atoms with E-state index in [1.54, 1.807) is 0 Å². The van der Waals surface area contributed by atoms with Gasteiger partial charge in [-0.05, 0) is 93.7 Å². The third kappa shape index (κ3) is 3.64. The molecule has 46 heavy (non-hydrogen) atoms. The Bertz CT molecular complexity index is 2690. The summed E-state index contributed by atoms with van der Waals surface area (Å²) in [6.45, 7) is 4.67. The van der Waals surface area contributed by atoms with Crippen LogP contribution in [0.25, 0.3) is 64.0 Å². The van der Waals surface area contributed by atoms with Crippen LogP contribution in [0, 0.1) is 0 Å². The van der Waals surface area contributed by atoms with Crippen LogP contribution in [0.3, 0.4) is 0 Å². The number of hydrogen-bond acceptors (Lipinski definition) is 3. The van der Waals surface area contributed by atoms with Crippen LogP contribution in [-0.2, 0) is 5.41 Å². The zero-order valence-electron chi connectivity index (χ0n) is 25.5. The topological polar surface area (TPSA) is 16.4 Å². The summed E-state index contributed by atoms with van der Waals surface area (Å²) in [5.74, 6) is 0. The number of benzene rings is 7. The van der Waals surface area contributed by atoms with Gasteiger partial charge in [0, 0.05) is 59.5 Å². The van der Waals surface area contributed by atoms with Crippen molar-refractivity contribution in [2.45, 2.75) is 19.3 Å². The Morgan fingerprint density at radius 3 is 2.11 bits per heavy atom. The molecule has 0 aliphatic heterocycles. The molecule has 2 nitrogen and oxygen atoms in total. The van der Waals surface area contributed by atoms with Crippen LogP contribution in [0.2, 0.25) is 0 Å². The summed E-state index contributed by atoms with van der Waals surface area (Å²) in [5, 5.41) is 7.42. The smallest absolute Gasteiger partial charge is 0.137 e. The molecule has 0 atom stereocenters. The predicted molar refractivity (Wildman–Crippen MR) is 196 cm³/mol. The number of hydrogen-bond donors (Lipinski definition) is 0. The number of rotatable bonds is 3. The lowest BCUT2D eigenvalue weighted by Crippen LogP contribution is -2.15. The van der Waals surface area contributed by atoms with Gasteiger partial charge in [0.15, 0.2) is 0 Å². The van der Waals surface area contributed by atoms with Gasteiger partial charge in [-0.3, -0.25) is 0 Å². The van der Waals surface area contributed by atoms with Gasteiger partial charge in [-0.2, -0.15) is 0 Å². The van der Waals surface area contributed by atoms with Crippen LogP contribution in [0.1, 0.15) is 25.0 Å². The van der Waals surface area contributed by atoms with Gasteiger partial charge in [0.1, 0.15) is 11.2 Å². The van der Waals surface area contributed by atoms with E-state index < -0.39 is 0 Å². The van der Waals surface area contributed by atoms with Crippen LogP contribution >= 0.6 is 11.3 Å². The lowest BCUT2D eigenvalue weighted by molar-refractivity contribution is 0.660. The Morgan fingerprint density at radius 1 is 0.478 bits per heavy atom. The van der Waals surface area contributed by atoms with Crippen molar-refractivity contribution >= 4 is 81.3 Å². The van der Waals surface area contributed by atoms with Crippen LogP contribution in [0.4, 0.5) is 17.1 Å². The van der Waals surface area contributed by atoms with Crippen molar-refractivity contribution in [1.29, 1.82) is 0 Å². The van der Waals surface area contributed by atoms with Crippen LogP contribution in [0.15, 0.2) is 144 Å². The minimum absolute atomic E-state index is 0.0406. The van der Waals surface area contributed by atoms with E-state index in [9.17, 15) is 0 Å². The molecule has 9 aromatic rings. The van der Waals surface area contributed by atoms with Gasteiger partial charge in [-0.1, -0.05) is 86.6 Å². The zero-order valence-corrected chi connectivity index (χ0v) is 26.4. The summed E-state index contributed by atoms with van der Waals surface area (Å²) in [7, 11) is 0. The van der Waals surface area contributed by atoms with Gasteiger partial charge >= 0.3 is 0 Å². The molecule has 0 bridgehead atoms. The van der Waals surface area contributed by atoms with E-state index in [2.05, 4.69) is 146 Å². The molecule has 0 amide bonds. The van der Waals surface area contributed by atoms with E-state index in [0.29, 0.717) is 0 Å². The summed E-state index contributed by atoms with van der Waals surface area (Å²) < 4.78 is 9.03. The van der Waals surface area contributed by atoms with Crippen molar-refractivity contribution in [3.05, 3.63) is 151 Å².